The molecule has 2 heterocycles. The molecule has 1 atom stereocenters. The van der Waals surface area contributed by atoms with Crippen molar-refractivity contribution in [1.82, 2.24) is 15.0 Å². The van der Waals surface area contributed by atoms with Crippen molar-refractivity contribution in [2.75, 3.05) is 32.1 Å². The molecule has 180 valence electrons. The van der Waals surface area contributed by atoms with Crippen molar-refractivity contribution in [3.63, 3.8) is 0 Å². The number of benzene rings is 1. The molecule has 9 nitrogen and oxygen atoms in total. The fraction of sp³-hybridized carbons (Fsp3) is 0.429. The standard InChI is InChI=1S/C21H29N3O6P2S/c1-4-28-31(25,16-32(26,29-5-2)30-6-3)15-27-18-9-7-8-17(12-18)14-33-21-23-19-10-11-22-13-20(19)24-21/h7-13H,4-6,14-16H2,1-3H3,(H,23,24). The van der Waals surface area contributed by atoms with Crippen LogP contribution in [0, 0.1) is 0 Å². The number of thioether (sulfide) groups is 1. The Balaban J connectivity index is 1.63. The minimum atomic E-state index is -3.55. The van der Waals surface area contributed by atoms with Crippen molar-refractivity contribution < 1.29 is 27.4 Å². The minimum Gasteiger partial charge on any atom is -0.483 e. The average molecular weight is 513 g/mol. The van der Waals surface area contributed by atoms with Crippen LogP contribution < -0.4 is 4.74 Å². The van der Waals surface area contributed by atoms with Crippen LogP contribution in [0.1, 0.15) is 26.3 Å². The molecule has 3 rings (SSSR count). The third-order valence-electron chi connectivity index (χ3n) is 4.37. The lowest BCUT2D eigenvalue weighted by Crippen LogP contribution is -2.09. The van der Waals surface area contributed by atoms with Gasteiger partial charge in [0.25, 0.3) is 7.37 Å². The maximum atomic E-state index is 13.3. The van der Waals surface area contributed by atoms with E-state index in [0.717, 1.165) is 21.8 Å². The van der Waals surface area contributed by atoms with Gasteiger partial charge in [0.1, 0.15) is 11.7 Å². The van der Waals surface area contributed by atoms with E-state index in [-0.39, 0.29) is 32.1 Å². The number of hydrogen-bond donors (Lipinski definition) is 1. The third kappa shape index (κ3) is 7.67. The molecule has 0 radical (unpaired) electrons. The second-order valence-electron chi connectivity index (χ2n) is 6.96. The summed E-state index contributed by atoms with van der Waals surface area (Å²) in [7, 11) is -6.97. The van der Waals surface area contributed by atoms with E-state index in [0.29, 0.717) is 11.5 Å². The highest BCUT2D eigenvalue weighted by molar-refractivity contribution is 7.98. The number of pyridine rings is 1. The largest absolute Gasteiger partial charge is 0.483 e. The average Bonchev–Trinajstić information content (AvgIpc) is 3.20. The minimum absolute atomic E-state index is 0.186. The van der Waals surface area contributed by atoms with Gasteiger partial charge in [0.15, 0.2) is 11.5 Å². The van der Waals surface area contributed by atoms with E-state index < -0.39 is 15.0 Å². The summed E-state index contributed by atoms with van der Waals surface area (Å²) in [5.41, 5.74) is 2.77. The van der Waals surface area contributed by atoms with Gasteiger partial charge >= 0.3 is 7.60 Å². The molecule has 2 aromatic heterocycles. The zero-order chi connectivity index (χ0) is 23.7. The van der Waals surface area contributed by atoms with Gasteiger partial charge in [-0.15, -0.1) is 0 Å². The fourth-order valence-corrected chi connectivity index (χ4v) is 9.08. The van der Waals surface area contributed by atoms with Crippen LogP contribution in [0.5, 0.6) is 5.75 Å². The van der Waals surface area contributed by atoms with E-state index in [9.17, 15) is 9.13 Å². The van der Waals surface area contributed by atoms with Gasteiger partial charge in [0.2, 0.25) is 0 Å². The number of ether oxygens (including phenoxy) is 1. The number of nitrogens with one attached hydrogen (secondary N) is 1. The zero-order valence-electron chi connectivity index (χ0n) is 18.9. The molecule has 0 spiro atoms. The number of hydrogen-bond acceptors (Lipinski definition) is 9. The van der Waals surface area contributed by atoms with Crippen LogP contribution in [0.15, 0.2) is 47.9 Å². The van der Waals surface area contributed by atoms with Crippen molar-refractivity contribution in [2.24, 2.45) is 0 Å². The molecule has 0 bridgehead atoms. The number of aromatic nitrogens is 3. The first-order chi connectivity index (χ1) is 15.9. The summed E-state index contributed by atoms with van der Waals surface area (Å²) in [4.78, 5) is 11.9. The second-order valence-corrected chi connectivity index (χ2v) is 12.9. The van der Waals surface area contributed by atoms with Gasteiger partial charge in [-0.1, -0.05) is 23.9 Å². The van der Waals surface area contributed by atoms with Crippen LogP contribution in [0.4, 0.5) is 0 Å². The highest BCUT2D eigenvalue weighted by atomic mass is 32.2. The zero-order valence-corrected chi connectivity index (χ0v) is 21.5. The van der Waals surface area contributed by atoms with E-state index >= 15 is 0 Å². The van der Waals surface area contributed by atoms with Crippen LogP contribution in [0.2, 0.25) is 0 Å². The van der Waals surface area contributed by atoms with Gasteiger partial charge in [-0.2, -0.15) is 0 Å². The molecule has 0 aliphatic rings. The number of nitrogens with zero attached hydrogens (tertiary/aromatic N) is 2. The van der Waals surface area contributed by atoms with Crippen molar-refractivity contribution in [3.05, 3.63) is 48.3 Å². The maximum Gasteiger partial charge on any atom is 0.340 e. The molecule has 0 saturated carbocycles. The van der Waals surface area contributed by atoms with Gasteiger partial charge in [-0.3, -0.25) is 14.1 Å². The first-order valence-corrected chi connectivity index (χ1v) is 15.3. The van der Waals surface area contributed by atoms with Crippen LogP contribution in [0.25, 0.3) is 11.0 Å². The van der Waals surface area contributed by atoms with Crippen molar-refractivity contribution in [2.45, 2.75) is 31.7 Å². The predicted molar refractivity (Wildman–Crippen MR) is 130 cm³/mol. The molecule has 1 aromatic carbocycles. The smallest absolute Gasteiger partial charge is 0.340 e. The Morgan fingerprint density at radius 3 is 2.48 bits per heavy atom. The number of fused-ring (bicyclic) bond motifs is 1. The van der Waals surface area contributed by atoms with Crippen LogP contribution in [-0.2, 0) is 28.5 Å². The van der Waals surface area contributed by atoms with E-state index in [4.69, 9.17) is 18.3 Å². The maximum absolute atomic E-state index is 13.3. The molecular formula is C21H29N3O6P2S. The summed E-state index contributed by atoms with van der Waals surface area (Å²) in [5, 5.41) is 0.799. The lowest BCUT2D eigenvalue weighted by Gasteiger charge is -2.23. The summed E-state index contributed by atoms with van der Waals surface area (Å²) in [6.45, 7) is 5.71. The molecule has 12 heteroatoms. The Hall–Kier alpha value is -1.67. The molecule has 1 N–H and O–H groups in total. The lowest BCUT2D eigenvalue weighted by atomic mass is 10.2. The Morgan fingerprint density at radius 1 is 1.03 bits per heavy atom. The molecule has 0 amide bonds. The van der Waals surface area contributed by atoms with Gasteiger partial charge in [0.05, 0.1) is 37.1 Å². The van der Waals surface area contributed by atoms with E-state index in [1.807, 2.05) is 24.3 Å². The van der Waals surface area contributed by atoms with Gasteiger partial charge < -0.3 is 23.3 Å². The van der Waals surface area contributed by atoms with E-state index in [2.05, 4.69) is 15.0 Å². The van der Waals surface area contributed by atoms with E-state index in [1.54, 1.807) is 51.0 Å². The Labute approximate surface area is 198 Å². The van der Waals surface area contributed by atoms with Crippen LogP contribution >= 0.6 is 26.7 Å². The van der Waals surface area contributed by atoms with Gasteiger partial charge in [-0.25, -0.2) is 4.98 Å². The molecular weight excluding hydrogens is 484 g/mol. The molecule has 0 aliphatic heterocycles. The summed E-state index contributed by atoms with van der Waals surface area (Å²) in [5.74, 6) is 0.883. The number of imidazole rings is 1. The number of aromatic amines is 1. The molecule has 1 unspecified atom stereocenters. The summed E-state index contributed by atoms with van der Waals surface area (Å²) in [6.07, 6.45) is 3.23. The Kier molecular flexibility index (Phi) is 9.56. The second kappa shape index (κ2) is 12.2. The summed E-state index contributed by atoms with van der Waals surface area (Å²) >= 11 is 1.56. The Morgan fingerprint density at radius 2 is 1.79 bits per heavy atom. The van der Waals surface area contributed by atoms with Crippen molar-refractivity contribution in [1.29, 1.82) is 0 Å². The Bertz CT molecular complexity index is 1100. The topological polar surface area (TPSA) is 113 Å². The molecule has 3 aromatic rings. The first kappa shape index (κ1) is 25.9. The molecule has 0 aliphatic carbocycles. The lowest BCUT2D eigenvalue weighted by molar-refractivity contribution is 0.221. The van der Waals surface area contributed by atoms with Crippen molar-refractivity contribution in [3.8, 4) is 5.75 Å². The van der Waals surface area contributed by atoms with E-state index in [1.165, 1.54) is 0 Å². The number of rotatable bonds is 14. The fourth-order valence-electron chi connectivity index (χ4n) is 3.08. The summed E-state index contributed by atoms with van der Waals surface area (Å²) in [6, 6.07) is 9.35. The highest BCUT2D eigenvalue weighted by Crippen LogP contribution is 2.63. The first-order valence-electron chi connectivity index (χ1n) is 10.6. The van der Waals surface area contributed by atoms with Crippen molar-refractivity contribution >= 4 is 37.8 Å². The summed E-state index contributed by atoms with van der Waals surface area (Å²) < 4.78 is 48.1. The van der Waals surface area contributed by atoms with Gasteiger partial charge in [0, 0.05) is 11.9 Å². The number of H-pyrrole nitrogens is 1. The molecule has 0 fully saturated rings. The van der Waals surface area contributed by atoms with Gasteiger partial charge in [-0.05, 0) is 44.5 Å². The molecule has 0 saturated heterocycles. The predicted octanol–water partition coefficient (Wildman–Crippen LogP) is 6.12. The third-order valence-corrected chi connectivity index (χ3v) is 11.0. The molecule has 33 heavy (non-hydrogen) atoms. The SMILES string of the molecule is CCOP(=O)(COc1cccc(CSc2nc3ccncc3[nH]2)c1)CP(=O)(OCC)OCC. The monoisotopic (exact) mass is 513 g/mol. The normalized spacial score (nSPS) is 13.8. The quantitative estimate of drug-likeness (QED) is 0.201. The highest BCUT2D eigenvalue weighted by Gasteiger charge is 2.37. The van der Waals surface area contributed by atoms with Crippen LogP contribution in [0.3, 0.4) is 0 Å². The van der Waals surface area contributed by atoms with Crippen LogP contribution in [-0.4, -0.2) is 47.0 Å².